The topological polar surface area (TPSA) is 88.0 Å². The number of nitrogens with zero attached hydrogens (tertiary/aromatic N) is 4. The number of hydrogen-bond donors (Lipinski definition) is 0. The van der Waals surface area contributed by atoms with Gasteiger partial charge in [0.05, 0.1) is 13.2 Å². The fourth-order valence-electron chi connectivity index (χ4n) is 1.12. The van der Waals surface area contributed by atoms with Crippen molar-refractivity contribution in [3.8, 4) is 0 Å². The molecule has 0 amide bonds. The van der Waals surface area contributed by atoms with E-state index in [1.165, 1.54) is 6.20 Å². The molecule has 0 atom stereocenters. The Balaban J connectivity index is 2.84. The highest BCUT2D eigenvalue weighted by molar-refractivity contribution is 5.88. The van der Waals surface area contributed by atoms with Gasteiger partial charge in [0.25, 0.3) is 0 Å². The van der Waals surface area contributed by atoms with Crippen LogP contribution in [0.25, 0.3) is 10.4 Å². The number of esters is 1. The molecule has 0 aromatic carbocycles. The lowest BCUT2D eigenvalue weighted by Gasteiger charge is -2.05. The lowest BCUT2D eigenvalue weighted by atomic mass is 10.2. The van der Waals surface area contributed by atoms with Gasteiger partial charge in [-0.25, -0.2) is 9.78 Å². The number of carbonyl (C=O) groups is 1. The first-order valence-electron chi connectivity index (χ1n) is 4.91. The smallest absolute Gasteiger partial charge is 0.357 e. The number of ether oxygens (including phenoxy) is 1. The van der Waals surface area contributed by atoms with Gasteiger partial charge in [0.2, 0.25) is 0 Å². The van der Waals surface area contributed by atoms with Gasteiger partial charge in [-0.05, 0) is 23.6 Å². The third kappa shape index (κ3) is 3.25. The van der Waals surface area contributed by atoms with Crippen LogP contribution in [0.15, 0.2) is 23.4 Å². The van der Waals surface area contributed by atoms with E-state index in [1.807, 2.05) is 6.92 Å². The molecule has 6 heteroatoms. The fraction of sp³-hybridized carbons (Fsp3) is 0.400. The molecule has 16 heavy (non-hydrogen) atoms. The Morgan fingerprint density at radius 2 is 2.50 bits per heavy atom. The van der Waals surface area contributed by atoms with Crippen LogP contribution in [0, 0.1) is 0 Å². The normalized spacial score (nSPS) is 9.31. The third-order valence-electron chi connectivity index (χ3n) is 1.83. The number of azide groups is 1. The Morgan fingerprint density at radius 1 is 1.69 bits per heavy atom. The van der Waals surface area contributed by atoms with E-state index in [1.54, 1.807) is 12.1 Å². The van der Waals surface area contributed by atoms with Crippen molar-refractivity contribution in [3.63, 3.8) is 0 Å². The lowest BCUT2D eigenvalue weighted by Crippen LogP contribution is -2.10. The van der Waals surface area contributed by atoms with Gasteiger partial charge in [0, 0.05) is 11.1 Å². The molecule has 0 fully saturated rings. The Hall–Kier alpha value is -2.07. The number of carbonyl (C=O) groups excluding carboxylic acids is 1. The summed E-state index contributed by atoms with van der Waals surface area (Å²) in [7, 11) is 0. The number of pyridine rings is 1. The molecule has 0 spiro atoms. The summed E-state index contributed by atoms with van der Waals surface area (Å²) in [5.74, 6) is -0.481. The van der Waals surface area contributed by atoms with Gasteiger partial charge in [0.1, 0.15) is 0 Å². The van der Waals surface area contributed by atoms with E-state index < -0.39 is 5.97 Å². The largest absolute Gasteiger partial charge is 0.461 e. The highest BCUT2D eigenvalue weighted by Crippen LogP contribution is 2.08. The second kappa shape index (κ2) is 6.42. The zero-order valence-electron chi connectivity index (χ0n) is 8.96. The fourth-order valence-corrected chi connectivity index (χ4v) is 1.12. The van der Waals surface area contributed by atoms with Crippen molar-refractivity contribution < 1.29 is 9.53 Å². The van der Waals surface area contributed by atoms with Crippen molar-refractivity contribution >= 4 is 5.97 Å². The highest BCUT2D eigenvalue weighted by atomic mass is 16.5. The summed E-state index contributed by atoms with van der Waals surface area (Å²) in [5.41, 5.74) is 9.00. The Kier molecular flexibility index (Phi) is 4.82. The minimum Gasteiger partial charge on any atom is -0.461 e. The third-order valence-corrected chi connectivity index (χ3v) is 1.83. The second-order valence-electron chi connectivity index (χ2n) is 3.04. The first-order chi connectivity index (χ1) is 7.79. The molecule has 1 aromatic rings. The van der Waals surface area contributed by atoms with Crippen LogP contribution in [0.4, 0.5) is 0 Å². The van der Waals surface area contributed by atoms with E-state index in [2.05, 4.69) is 15.0 Å². The van der Waals surface area contributed by atoms with Crippen molar-refractivity contribution in [1.29, 1.82) is 0 Å². The van der Waals surface area contributed by atoms with Crippen LogP contribution >= 0.6 is 0 Å². The van der Waals surface area contributed by atoms with Gasteiger partial charge in [0.15, 0.2) is 5.69 Å². The van der Waals surface area contributed by atoms with Crippen molar-refractivity contribution in [1.82, 2.24) is 4.98 Å². The van der Waals surface area contributed by atoms with Crippen molar-refractivity contribution in [2.24, 2.45) is 5.11 Å². The number of aromatic nitrogens is 1. The summed E-state index contributed by atoms with van der Waals surface area (Å²) >= 11 is 0. The summed E-state index contributed by atoms with van der Waals surface area (Å²) < 4.78 is 4.96. The van der Waals surface area contributed by atoms with Crippen LogP contribution in [0.1, 0.15) is 29.4 Å². The van der Waals surface area contributed by atoms with E-state index in [0.717, 1.165) is 6.42 Å². The molecule has 6 nitrogen and oxygen atoms in total. The van der Waals surface area contributed by atoms with Crippen molar-refractivity contribution in [2.75, 3.05) is 6.61 Å². The lowest BCUT2D eigenvalue weighted by molar-refractivity contribution is 0.0497. The predicted molar refractivity (Wildman–Crippen MR) is 57.7 cm³/mol. The maximum absolute atomic E-state index is 11.6. The predicted octanol–water partition coefficient (Wildman–Crippen LogP) is 2.46. The molecule has 1 rings (SSSR count). The molecule has 84 valence electrons. The molecule has 0 aliphatic heterocycles. The van der Waals surface area contributed by atoms with Gasteiger partial charge in [-0.2, -0.15) is 0 Å². The van der Waals surface area contributed by atoms with Crippen LogP contribution in [0.3, 0.4) is 0 Å². The van der Waals surface area contributed by atoms with Gasteiger partial charge >= 0.3 is 5.97 Å². The standard InChI is InChI=1S/C10H12N4O2/c1-2-6-16-10(15)9-8(7-13-14-11)4-3-5-12-9/h3-5H,2,6-7H2,1H3. The quantitative estimate of drug-likeness (QED) is 0.330. The van der Waals surface area contributed by atoms with Crippen LogP contribution < -0.4 is 0 Å². The molecule has 0 aliphatic carbocycles. The molecule has 1 aromatic heterocycles. The van der Waals surface area contributed by atoms with E-state index in [9.17, 15) is 4.79 Å². The van der Waals surface area contributed by atoms with E-state index >= 15 is 0 Å². The highest BCUT2D eigenvalue weighted by Gasteiger charge is 2.12. The molecule has 0 radical (unpaired) electrons. The molecule has 1 heterocycles. The Labute approximate surface area is 92.9 Å². The van der Waals surface area contributed by atoms with Gasteiger partial charge in [-0.3, -0.25) is 0 Å². The minimum absolute atomic E-state index is 0.0981. The molecule has 0 bridgehead atoms. The summed E-state index contributed by atoms with van der Waals surface area (Å²) in [6.07, 6.45) is 2.26. The molecular weight excluding hydrogens is 208 g/mol. The maximum atomic E-state index is 11.6. The molecule has 0 saturated carbocycles. The van der Waals surface area contributed by atoms with Gasteiger partial charge in [-0.1, -0.05) is 18.1 Å². The first kappa shape index (κ1) is 12.0. The zero-order valence-corrected chi connectivity index (χ0v) is 8.96. The van der Waals surface area contributed by atoms with E-state index in [0.29, 0.717) is 12.2 Å². The second-order valence-corrected chi connectivity index (χ2v) is 3.04. The Morgan fingerprint density at radius 3 is 3.19 bits per heavy atom. The average Bonchev–Trinajstić information content (AvgIpc) is 2.33. The minimum atomic E-state index is -0.481. The first-order valence-corrected chi connectivity index (χ1v) is 4.91. The average molecular weight is 220 g/mol. The molecule has 0 N–H and O–H groups in total. The van der Waals surface area contributed by atoms with Gasteiger partial charge < -0.3 is 4.74 Å². The van der Waals surface area contributed by atoms with E-state index in [4.69, 9.17) is 10.3 Å². The molecule has 0 saturated heterocycles. The summed E-state index contributed by atoms with van der Waals surface area (Å²) in [4.78, 5) is 18.1. The number of rotatable bonds is 5. The van der Waals surface area contributed by atoms with Crippen LogP contribution in [-0.2, 0) is 11.3 Å². The molecule has 0 aliphatic rings. The summed E-state index contributed by atoms with van der Waals surface area (Å²) in [6, 6.07) is 3.36. The molecular formula is C10H12N4O2. The zero-order chi connectivity index (χ0) is 11.8. The summed E-state index contributed by atoms with van der Waals surface area (Å²) in [5, 5.41) is 3.40. The van der Waals surface area contributed by atoms with Crippen molar-refractivity contribution in [2.45, 2.75) is 19.9 Å². The van der Waals surface area contributed by atoms with Gasteiger partial charge in [-0.15, -0.1) is 0 Å². The van der Waals surface area contributed by atoms with Crippen LogP contribution in [0.5, 0.6) is 0 Å². The molecule has 0 unspecified atom stereocenters. The van der Waals surface area contributed by atoms with Crippen molar-refractivity contribution in [3.05, 3.63) is 40.0 Å². The Bertz CT molecular complexity index is 413. The summed E-state index contributed by atoms with van der Waals surface area (Å²) in [6.45, 7) is 2.36. The monoisotopic (exact) mass is 220 g/mol. The SMILES string of the molecule is CCCOC(=O)c1ncccc1CN=[N+]=[N-]. The van der Waals surface area contributed by atoms with E-state index in [-0.39, 0.29) is 12.2 Å². The number of hydrogen-bond acceptors (Lipinski definition) is 4. The van der Waals surface area contributed by atoms with Crippen LogP contribution in [0.2, 0.25) is 0 Å². The van der Waals surface area contributed by atoms with Crippen LogP contribution in [-0.4, -0.2) is 17.6 Å². The maximum Gasteiger partial charge on any atom is 0.357 e.